The quantitative estimate of drug-likeness (QED) is 0.707. The standard InChI is InChI=1S/C16H26N2O/c1-13(2)11-18-16(19)9-10-17-12-14(3)15-7-5-4-6-8-15/h4-8,13-14,17H,9-12H2,1-3H3,(H,18,19). The molecule has 1 atom stereocenters. The lowest BCUT2D eigenvalue weighted by atomic mass is 10.0. The van der Waals surface area contributed by atoms with Crippen LogP contribution in [0.15, 0.2) is 30.3 Å². The molecule has 0 saturated carbocycles. The number of benzene rings is 1. The SMILES string of the molecule is CC(C)CNC(=O)CCNCC(C)c1ccccc1. The van der Waals surface area contributed by atoms with Crippen molar-refractivity contribution in [2.24, 2.45) is 5.92 Å². The van der Waals surface area contributed by atoms with Crippen LogP contribution >= 0.6 is 0 Å². The minimum absolute atomic E-state index is 0.133. The highest BCUT2D eigenvalue weighted by Gasteiger charge is 2.05. The summed E-state index contributed by atoms with van der Waals surface area (Å²) < 4.78 is 0. The number of amides is 1. The van der Waals surface area contributed by atoms with Crippen LogP contribution in [-0.4, -0.2) is 25.5 Å². The second-order valence-corrected chi connectivity index (χ2v) is 5.46. The van der Waals surface area contributed by atoms with Crippen molar-refractivity contribution in [3.05, 3.63) is 35.9 Å². The summed E-state index contributed by atoms with van der Waals surface area (Å²) >= 11 is 0. The molecule has 0 bridgehead atoms. The van der Waals surface area contributed by atoms with Gasteiger partial charge in [0.2, 0.25) is 5.91 Å². The summed E-state index contributed by atoms with van der Waals surface area (Å²) in [5.41, 5.74) is 1.33. The fraction of sp³-hybridized carbons (Fsp3) is 0.562. The first-order chi connectivity index (χ1) is 9.09. The molecule has 0 saturated heterocycles. The largest absolute Gasteiger partial charge is 0.356 e. The fourth-order valence-corrected chi connectivity index (χ4v) is 1.83. The monoisotopic (exact) mass is 262 g/mol. The minimum Gasteiger partial charge on any atom is -0.356 e. The summed E-state index contributed by atoms with van der Waals surface area (Å²) in [6.07, 6.45) is 0.550. The first-order valence-electron chi connectivity index (χ1n) is 7.12. The molecule has 1 aromatic rings. The third-order valence-corrected chi connectivity index (χ3v) is 3.06. The molecule has 0 fully saturated rings. The summed E-state index contributed by atoms with van der Waals surface area (Å²) in [6.45, 7) is 8.79. The van der Waals surface area contributed by atoms with E-state index in [1.807, 2.05) is 6.07 Å². The van der Waals surface area contributed by atoms with E-state index in [0.29, 0.717) is 18.3 Å². The number of carbonyl (C=O) groups excluding carboxylic acids is 1. The lowest BCUT2D eigenvalue weighted by Crippen LogP contribution is -2.31. The Labute approximate surface area is 116 Å². The zero-order valence-electron chi connectivity index (χ0n) is 12.3. The van der Waals surface area contributed by atoms with E-state index in [2.05, 4.69) is 55.7 Å². The van der Waals surface area contributed by atoms with Gasteiger partial charge in [-0.3, -0.25) is 4.79 Å². The van der Waals surface area contributed by atoms with E-state index in [9.17, 15) is 4.79 Å². The number of hydrogen-bond donors (Lipinski definition) is 2. The van der Waals surface area contributed by atoms with Crippen LogP contribution in [0.2, 0.25) is 0 Å². The Morgan fingerprint density at radius 3 is 2.42 bits per heavy atom. The minimum atomic E-state index is 0.133. The van der Waals surface area contributed by atoms with Crippen molar-refractivity contribution in [3.63, 3.8) is 0 Å². The van der Waals surface area contributed by atoms with Gasteiger partial charge in [0, 0.05) is 26.1 Å². The maximum absolute atomic E-state index is 11.5. The number of carbonyl (C=O) groups is 1. The average Bonchev–Trinajstić information content (AvgIpc) is 2.42. The predicted octanol–water partition coefficient (Wildman–Crippen LogP) is 2.54. The zero-order chi connectivity index (χ0) is 14.1. The third kappa shape index (κ3) is 6.97. The Bertz CT molecular complexity index is 362. The molecule has 0 aliphatic heterocycles. The Hall–Kier alpha value is -1.35. The molecule has 19 heavy (non-hydrogen) atoms. The van der Waals surface area contributed by atoms with Crippen LogP contribution in [0.25, 0.3) is 0 Å². The molecule has 1 unspecified atom stereocenters. The van der Waals surface area contributed by atoms with Gasteiger partial charge >= 0.3 is 0 Å². The molecule has 0 spiro atoms. The fourth-order valence-electron chi connectivity index (χ4n) is 1.83. The molecule has 0 aliphatic carbocycles. The topological polar surface area (TPSA) is 41.1 Å². The average molecular weight is 262 g/mol. The summed E-state index contributed by atoms with van der Waals surface area (Å²) in [6, 6.07) is 10.4. The van der Waals surface area contributed by atoms with Crippen molar-refractivity contribution < 1.29 is 4.79 Å². The Balaban J connectivity index is 2.12. The van der Waals surface area contributed by atoms with E-state index in [1.165, 1.54) is 5.56 Å². The van der Waals surface area contributed by atoms with Gasteiger partial charge in [-0.2, -0.15) is 0 Å². The smallest absolute Gasteiger partial charge is 0.221 e. The van der Waals surface area contributed by atoms with Crippen molar-refractivity contribution in [3.8, 4) is 0 Å². The molecule has 106 valence electrons. The van der Waals surface area contributed by atoms with Crippen LogP contribution in [0.1, 0.15) is 38.7 Å². The first-order valence-corrected chi connectivity index (χ1v) is 7.12. The van der Waals surface area contributed by atoms with E-state index < -0.39 is 0 Å². The van der Waals surface area contributed by atoms with Gasteiger partial charge in [0.25, 0.3) is 0 Å². The molecule has 1 aromatic carbocycles. The Kier molecular flexibility index (Phi) is 7.19. The first kappa shape index (κ1) is 15.7. The molecule has 2 N–H and O–H groups in total. The van der Waals surface area contributed by atoms with Gasteiger partial charge in [-0.15, -0.1) is 0 Å². The third-order valence-electron chi connectivity index (χ3n) is 3.06. The molecule has 3 heteroatoms. The van der Waals surface area contributed by atoms with Gasteiger partial charge in [-0.05, 0) is 17.4 Å². The van der Waals surface area contributed by atoms with Gasteiger partial charge in [0.1, 0.15) is 0 Å². The van der Waals surface area contributed by atoms with Crippen LogP contribution in [0.4, 0.5) is 0 Å². The Morgan fingerprint density at radius 1 is 1.11 bits per heavy atom. The van der Waals surface area contributed by atoms with Crippen LogP contribution in [0.3, 0.4) is 0 Å². The summed E-state index contributed by atoms with van der Waals surface area (Å²) in [4.78, 5) is 11.5. The number of hydrogen-bond acceptors (Lipinski definition) is 2. The summed E-state index contributed by atoms with van der Waals surface area (Å²) in [7, 11) is 0. The lowest BCUT2D eigenvalue weighted by molar-refractivity contribution is -0.121. The van der Waals surface area contributed by atoms with Crippen LogP contribution in [0.5, 0.6) is 0 Å². The zero-order valence-corrected chi connectivity index (χ0v) is 12.3. The van der Waals surface area contributed by atoms with Gasteiger partial charge in [-0.1, -0.05) is 51.1 Å². The summed E-state index contributed by atoms with van der Waals surface area (Å²) in [5.74, 6) is 1.11. The van der Waals surface area contributed by atoms with Crippen LogP contribution < -0.4 is 10.6 Å². The predicted molar refractivity (Wildman–Crippen MR) is 80.2 cm³/mol. The number of nitrogens with one attached hydrogen (secondary N) is 2. The maximum atomic E-state index is 11.5. The van der Waals surface area contributed by atoms with E-state index in [-0.39, 0.29) is 5.91 Å². The molecular weight excluding hydrogens is 236 g/mol. The maximum Gasteiger partial charge on any atom is 0.221 e. The molecule has 0 aromatic heterocycles. The second-order valence-electron chi connectivity index (χ2n) is 5.46. The van der Waals surface area contributed by atoms with Gasteiger partial charge in [0.15, 0.2) is 0 Å². The highest BCUT2D eigenvalue weighted by Crippen LogP contribution is 2.12. The van der Waals surface area contributed by atoms with Crippen molar-refractivity contribution in [2.75, 3.05) is 19.6 Å². The van der Waals surface area contributed by atoms with Crippen molar-refractivity contribution >= 4 is 5.91 Å². The molecule has 1 rings (SSSR count). The molecule has 0 aliphatic rings. The van der Waals surface area contributed by atoms with Gasteiger partial charge in [0.05, 0.1) is 0 Å². The second kappa shape index (κ2) is 8.70. The van der Waals surface area contributed by atoms with E-state index >= 15 is 0 Å². The van der Waals surface area contributed by atoms with E-state index in [1.54, 1.807) is 0 Å². The van der Waals surface area contributed by atoms with Crippen LogP contribution in [-0.2, 0) is 4.79 Å². The summed E-state index contributed by atoms with van der Waals surface area (Å²) in [5, 5.41) is 6.26. The Morgan fingerprint density at radius 2 is 1.79 bits per heavy atom. The van der Waals surface area contributed by atoms with Crippen molar-refractivity contribution in [1.29, 1.82) is 0 Å². The number of rotatable bonds is 8. The molecule has 0 radical (unpaired) electrons. The van der Waals surface area contributed by atoms with Crippen molar-refractivity contribution in [1.82, 2.24) is 10.6 Å². The van der Waals surface area contributed by atoms with Gasteiger partial charge in [-0.25, -0.2) is 0 Å². The van der Waals surface area contributed by atoms with E-state index in [0.717, 1.165) is 19.6 Å². The molecule has 3 nitrogen and oxygen atoms in total. The highest BCUT2D eigenvalue weighted by atomic mass is 16.1. The van der Waals surface area contributed by atoms with Crippen molar-refractivity contribution in [2.45, 2.75) is 33.1 Å². The van der Waals surface area contributed by atoms with Crippen LogP contribution in [0, 0.1) is 5.92 Å². The van der Waals surface area contributed by atoms with Gasteiger partial charge < -0.3 is 10.6 Å². The highest BCUT2D eigenvalue weighted by molar-refractivity contribution is 5.76. The normalized spacial score (nSPS) is 12.4. The molecule has 1 amide bonds. The molecule has 0 heterocycles. The molecular formula is C16H26N2O. The van der Waals surface area contributed by atoms with E-state index in [4.69, 9.17) is 0 Å². The lowest BCUT2D eigenvalue weighted by Gasteiger charge is -2.13.